The lowest BCUT2D eigenvalue weighted by atomic mass is 10.1. The summed E-state index contributed by atoms with van der Waals surface area (Å²) in [5.41, 5.74) is 1.26. The molecule has 0 aromatic heterocycles. The fraction of sp³-hybridized carbons (Fsp3) is 0.538. The molecule has 0 unspecified atom stereocenters. The van der Waals surface area contributed by atoms with Crippen molar-refractivity contribution in [1.29, 1.82) is 0 Å². The van der Waals surface area contributed by atoms with Crippen molar-refractivity contribution in [2.45, 2.75) is 25.4 Å². The van der Waals surface area contributed by atoms with Crippen LogP contribution < -0.4 is 0 Å². The summed E-state index contributed by atoms with van der Waals surface area (Å²) in [6.45, 7) is 2.71. The van der Waals surface area contributed by atoms with E-state index in [0.717, 1.165) is 42.1 Å². The number of rotatable bonds is 3. The van der Waals surface area contributed by atoms with Crippen LogP contribution in [0.1, 0.15) is 18.4 Å². The molecule has 2 rings (SSSR count). The van der Waals surface area contributed by atoms with E-state index in [-0.39, 0.29) is 0 Å². The quantitative estimate of drug-likeness (QED) is 0.842. The van der Waals surface area contributed by atoms with Crippen LogP contribution in [-0.2, 0) is 11.3 Å². The highest BCUT2D eigenvalue weighted by Gasteiger charge is 2.18. The van der Waals surface area contributed by atoms with Gasteiger partial charge in [0.25, 0.3) is 0 Å². The van der Waals surface area contributed by atoms with Gasteiger partial charge in [0.1, 0.15) is 0 Å². The van der Waals surface area contributed by atoms with Crippen LogP contribution in [0, 0.1) is 0 Å². The monoisotopic (exact) mass is 317 g/mol. The van der Waals surface area contributed by atoms with Crippen molar-refractivity contribution < 1.29 is 4.74 Å². The average Bonchev–Trinajstić information content (AvgIpc) is 2.35. The largest absolute Gasteiger partial charge is 0.381 e. The minimum absolute atomic E-state index is 0.631. The number of benzene rings is 1. The summed E-state index contributed by atoms with van der Waals surface area (Å²) in [5.74, 6) is 0. The van der Waals surface area contributed by atoms with E-state index in [1.165, 1.54) is 5.56 Å². The summed E-state index contributed by atoms with van der Waals surface area (Å²) in [4.78, 5) is 2.39. The first-order valence-electron chi connectivity index (χ1n) is 5.89. The van der Waals surface area contributed by atoms with Gasteiger partial charge in [-0.3, -0.25) is 4.90 Å². The molecule has 0 radical (unpaired) electrons. The highest BCUT2D eigenvalue weighted by molar-refractivity contribution is 9.10. The molecule has 4 heteroatoms. The van der Waals surface area contributed by atoms with E-state index in [2.05, 4.69) is 33.9 Å². The van der Waals surface area contributed by atoms with E-state index >= 15 is 0 Å². The zero-order valence-electron chi connectivity index (χ0n) is 9.96. The highest BCUT2D eigenvalue weighted by Crippen LogP contribution is 2.24. The Hall–Kier alpha value is -0.0900. The maximum absolute atomic E-state index is 6.10. The molecule has 0 amide bonds. The first-order chi connectivity index (χ1) is 8.16. The molecule has 0 saturated carbocycles. The van der Waals surface area contributed by atoms with Gasteiger partial charge in [-0.2, -0.15) is 0 Å². The Kier molecular flexibility index (Phi) is 4.86. The van der Waals surface area contributed by atoms with Crippen LogP contribution in [0.2, 0.25) is 5.02 Å². The third kappa shape index (κ3) is 3.68. The van der Waals surface area contributed by atoms with Crippen molar-refractivity contribution in [3.05, 3.63) is 33.3 Å². The van der Waals surface area contributed by atoms with Crippen LogP contribution in [0.25, 0.3) is 0 Å². The first kappa shape index (κ1) is 13.3. The van der Waals surface area contributed by atoms with Crippen LogP contribution in [0.4, 0.5) is 0 Å². The van der Waals surface area contributed by atoms with Gasteiger partial charge in [-0.15, -0.1) is 0 Å². The number of halogens is 2. The van der Waals surface area contributed by atoms with E-state index < -0.39 is 0 Å². The number of ether oxygens (including phenoxy) is 1. The van der Waals surface area contributed by atoms with E-state index in [4.69, 9.17) is 16.3 Å². The molecule has 17 heavy (non-hydrogen) atoms. The Morgan fingerprint density at radius 2 is 2.12 bits per heavy atom. The Balaban J connectivity index is 1.96. The van der Waals surface area contributed by atoms with Crippen molar-refractivity contribution in [1.82, 2.24) is 4.90 Å². The molecule has 94 valence electrons. The van der Waals surface area contributed by atoms with Gasteiger partial charge < -0.3 is 4.74 Å². The zero-order chi connectivity index (χ0) is 12.3. The summed E-state index contributed by atoms with van der Waals surface area (Å²) in [6.07, 6.45) is 2.25. The number of hydrogen-bond donors (Lipinski definition) is 0. The molecule has 1 saturated heterocycles. The van der Waals surface area contributed by atoms with Gasteiger partial charge in [-0.25, -0.2) is 0 Å². The lowest BCUT2D eigenvalue weighted by Gasteiger charge is -2.31. The maximum Gasteiger partial charge on any atom is 0.0551 e. The molecule has 1 aliphatic heterocycles. The van der Waals surface area contributed by atoms with Crippen molar-refractivity contribution in [2.24, 2.45) is 0 Å². The molecule has 2 nitrogen and oxygen atoms in total. The van der Waals surface area contributed by atoms with Gasteiger partial charge in [0.05, 0.1) is 5.02 Å². The SMILES string of the molecule is CN(Cc1ccc(Br)c(Cl)c1)C1CCOCC1. The molecule has 1 fully saturated rings. The first-order valence-corrected chi connectivity index (χ1v) is 7.06. The standard InChI is InChI=1S/C13H17BrClNO/c1-16(11-4-6-17-7-5-11)9-10-2-3-12(14)13(15)8-10/h2-3,8,11H,4-7,9H2,1H3. The van der Waals surface area contributed by atoms with E-state index in [9.17, 15) is 0 Å². The topological polar surface area (TPSA) is 12.5 Å². The molecular formula is C13H17BrClNO. The minimum Gasteiger partial charge on any atom is -0.381 e. The molecule has 0 bridgehead atoms. The van der Waals surface area contributed by atoms with Crippen LogP contribution in [0.3, 0.4) is 0 Å². The van der Waals surface area contributed by atoms with Crippen molar-refractivity contribution in [3.63, 3.8) is 0 Å². The average molecular weight is 319 g/mol. The van der Waals surface area contributed by atoms with E-state index in [0.29, 0.717) is 6.04 Å². The smallest absolute Gasteiger partial charge is 0.0551 e. The summed E-state index contributed by atoms with van der Waals surface area (Å²) in [6, 6.07) is 6.79. The molecule has 0 atom stereocenters. The molecule has 1 aliphatic rings. The van der Waals surface area contributed by atoms with Gasteiger partial charge in [0.2, 0.25) is 0 Å². The van der Waals surface area contributed by atoms with Crippen LogP contribution in [0.5, 0.6) is 0 Å². The highest BCUT2D eigenvalue weighted by atomic mass is 79.9. The molecule has 1 aromatic carbocycles. The predicted molar refractivity (Wildman–Crippen MR) is 74.5 cm³/mol. The Morgan fingerprint density at radius 1 is 1.41 bits per heavy atom. The Morgan fingerprint density at radius 3 is 2.76 bits per heavy atom. The molecular weight excluding hydrogens is 302 g/mol. The van der Waals surface area contributed by atoms with Gasteiger partial charge in [0.15, 0.2) is 0 Å². The Labute approximate surface area is 116 Å². The molecule has 0 N–H and O–H groups in total. The second-order valence-electron chi connectivity index (χ2n) is 4.51. The Bertz CT molecular complexity index is 380. The van der Waals surface area contributed by atoms with Gasteiger partial charge >= 0.3 is 0 Å². The van der Waals surface area contributed by atoms with E-state index in [1.807, 2.05) is 12.1 Å². The normalized spacial score (nSPS) is 17.6. The van der Waals surface area contributed by atoms with Crippen molar-refractivity contribution in [2.75, 3.05) is 20.3 Å². The van der Waals surface area contributed by atoms with E-state index in [1.54, 1.807) is 0 Å². The fourth-order valence-electron chi connectivity index (χ4n) is 2.18. The lowest BCUT2D eigenvalue weighted by Crippen LogP contribution is -2.36. The predicted octanol–water partition coefficient (Wildman–Crippen LogP) is 3.71. The van der Waals surface area contributed by atoms with Crippen molar-refractivity contribution >= 4 is 27.5 Å². The summed E-state index contributed by atoms with van der Waals surface area (Å²) >= 11 is 9.51. The zero-order valence-corrected chi connectivity index (χ0v) is 12.3. The molecule has 1 aromatic rings. The van der Waals surface area contributed by atoms with Gasteiger partial charge in [-0.1, -0.05) is 17.7 Å². The lowest BCUT2D eigenvalue weighted by molar-refractivity contribution is 0.0407. The summed E-state index contributed by atoms with van der Waals surface area (Å²) in [7, 11) is 2.17. The second kappa shape index (κ2) is 6.19. The summed E-state index contributed by atoms with van der Waals surface area (Å²) < 4.78 is 6.34. The maximum atomic E-state index is 6.10. The molecule has 0 aliphatic carbocycles. The minimum atomic E-state index is 0.631. The molecule has 0 spiro atoms. The van der Waals surface area contributed by atoms with Gasteiger partial charge in [-0.05, 0) is 53.5 Å². The van der Waals surface area contributed by atoms with Crippen molar-refractivity contribution in [3.8, 4) is 0 Å². The number of nitrogens with zero attached hydrogens (tertiary/aromatic N) is 1. The van der Waals surface area contributed by atoms with Crippen LogP contribution >= 0.6 is 27.5 Å². The number of hydrogen-bond acceptors (Lipinski definition) is 2. The third-order valence-electron chi connectivity index (χ3n) is 3.23. The summed E-state index contributed by atoms with van der Waals surface area (Å²) in [5, 5.41) is 0.780. The molecule has 1 heterocycles. The second-order valence-corrected chi connectivity index (χ2v) is 5.77. The third-order valence-corrected chi connectivity index (χ3v) is 4.46. The van der Waals surface area contributed by atoms with Crippen LogP contribution in [0.15, 0.2) is 22.7 Å². The van der Waals surface area contributed by atoms with Gasteiger partial charge in [0, 0.05) is 30.3 Å². The fourth-order valence-corrected chi connectivity index (χ4v) is 2.63. The van der Waals surface area contributed by atoms with Crippen LogP contribution in [-0.4, -0.2) is 31.2 Å².